The molecular formula is C15H22N2O3. The second-order valence-electron chi connectivity index (χ2n) is 5.30. The zero-order valence-corrected chi connectivity index (χ0v) is 12.1. The largest absolute Gasteiger partial charge is 0.384 e. The molecule has 1 heterocycles. The van der Waals surface area contributed by atoms with Crippen LogP contribution in [0.4, 0.5) is 0 Å². The van der Waals surface area contributed by atoms with E-state index in [1.54, 1.807) is 20.4 Å². The van der Waals surface area contributed by atoms with E-state index in [1.807, 2.05) is 18.2 Å². The Morgan fingerprint density at radius 3 is 2.70 bits per heavy atom. The van der Waals surface area contributed by atoms with Gasteiger partial charge in [0.2, 0.25) is 5.91 Å². The van der Waals surface area contributed by atoms with Crippen LogP contribution < -0.4 is 5.32 Å². The Bertz CT molecular complexity index is 432. The highest BCUT2D eigenvalue weighted by atomic mass is 16.5. The Morgan fingerprint density at radius 1 is 1.40 bits per heavy atom. The quantitative estimate of drug-likeness (QED) is 0.824. The lowest BCUT2D eigenvalue weighted by atomic mass is 9.68. The molecule has 0 spiro atoms. The average Bonchev–Trinajstić information content (AvgIpc) is 2.43. The van der Waals surface area contributed by atoms with Gasteiger partial charge < -0.3 is 14.8 Å². The summed E-state index contributed by atoms with van der Waals surface area (Å²) in [5.41, 5.74) is 0.449. The van der Waals surface area contributed by atoms with Crippen molar-refractivity contribution in [3.05, 3.63) is 30.1 Å². The van der Waals surface area contributed by atoms with E-state index >= 15 is 0 Å². The van der Waals surface area contributed by atoms with Gasteiger partial charge in [-0.1, -0.05) is 12.5 Å². The fraction of sp³-hybridized carbons (Fsp3) is 0.600. The van der Waals surface area contributed by atoms with Crippen LogP contribution in [-0.4, -0.2) is 38.3 Å². The van der Waals surface area contributed by atoms with E-state index in [2.05, 4.69) is 10.3 Å². The van der Waals surface area contributed by atoms with Crippen LogP contribution in [0.25, 0.3) is 0 Å². The number of carbonyl (C=O) groups is 1. The lowest BCUT2D eigenvalue weighted by molar-refractivity contribution is -0.141. The van der Waals surface area contributed by atoms with Gasteiger partial charge in [0.05, 0.1) is 30.4 Å². The maximum absolute atomic E-state index is 12.5. The van der Waals surface area contributed by atoms with E-state index in [4.69, 9.17) is 9.47 Å². The molecule has 1 aromatic heterocycles. The number of carbonyl (C=O) groups excluding carboxylic acids is 1. The van der Waals surface area contributed by atoms with Crippen molar-refractivity contribution in [3.8, 4) is 0 Å². The van der Waals surface area contributed by atoms with E-state index in [0.717, 1.165) is 25.0 Å². The first-order chi connectivity index (χ1) is 9.72. The molecule has 1 atom stereocenters. The molecule has 0 aliphatic heterocycles. The second-order valence-corrected chi connectivity index (χ2v) is 5.30. The molecule has 2 rings (SSSR count). The molecule has 1 aliphatic carbocycles. The summed E-state index contributed by atoms with van der Waals surface area (Å²) in [6.45, 7) is 0.882. The molecule has 0 saturated heterocycles. The summed E-state index contributed by atoms with van der Waals surface area (Å²) in [4.78, 5) is 16.8. The highest BCUT2D eigenvalue weighted by Gasteiger charge is 2.44. The normalized spacial score (nSPS) is 18.1. The standard InChI is InChI=1S/C15H22N2O3/c1-19-10-13(12-6-3-4-9-16-12)17-14(18)15(11-20-2)7-5-8-15/h3-4,6,9,13H,5,7-8,10-11H2,1-2H3,(H,17,18)/t13-/m0/s1. The van der Waals surface area contributed by atoms with Crippen molar-refractivity contribution >= 4 is 5.91 Å². The molecule has 20 heavy (non-hydrogen) atoms. The summed E-state index contributed by atoms with van der Waals surface area (Å²) >= 11 is 0. The first kappa shape index (κ1) is 14.9. The lowest BCUT2D eigenvalue weighted by Gasteiger charge is -2.40. The zero-order valence-electron chi connectivity index (χ0n) is 12.1. The van der Waals surface area contributed by atoms with Crippen molar-refractivity contribution in [3.63, 3.8) is 0 Å². The second kappa shape index (κ2) is 6.81. The minimum absolute atomic E-state index is 0.0401. The third-order valence-electron chi connectivity index (χ3n) is 3.90. The van der Waals surface area contributed by atoms with E-state index in [0.29, 0.717) is 13.2 Å². The van der Waals surface area contributed by atoms with Crippen LogP contribution >= 0.6 is 0 Å². The van der Waals surface area contributed by atoms with Gasteiger partial charge in [0.25, 0.3) is 0 Å². The fourth-order valence-electron chi connectivity index (χ4n) is 2.58. The monoisotopic (exact) mass is 278 g/mol. The topological polar surface area (TPSA) is 60.5 Å². The molecule has 5 nitrogen and oxygen atoms in total. The molecule has 5 heteroatoms. The molecule has 1 aliphatic rings. The average molecular weight is 278 g/mol. The highest BCUT2D eigenvalue weighted by molar-refractivity contribution is 5.84. The molecule has 0 unspecified atom stereocenters. The lowest BCUT2D eigenvalue weighted by Crippen LogP contribution is -2.50. The van der Waals surface area contributed by atoms with Crippen molar-refractivity contribution in [2.45, 2.75) is 25.3 Å². The van der Waals surface area contributed by atoms with Gasteiger partial charge in [0, 0.05) is 20.4 Å². The smallest absolute Gasteiger partial charge is 0.229 e. The SMILES string of the molecule is COC[C@H](NC(=O)C1(COC)CCC1)c1ccccn1. The molecule has 1 saturated carbocycles. The number of methoxy groups -OCH3 is 2. The summed E-state index contributed by atoms with van der Waals surface area (Å²) in [6.07, 6.45) is 4.57. The number of nitrogens with zero attached hydrogens (tertiary/aromatic N) is 1. The number of ether oxygens (including phenoxy) is 2. The van der Waals surface area contributed by atoms with E-state index < -0.39 is 0 Å². The summed E-state index contributed by atoms with van der Waals surface area (Å²) in [5, 5.41) is 3.06. The van der Waals surface area contributed by atoms with Crippen LogP contribution in [0.3, 0.4) is 0 Å². The summed E-state index contributed by atoms with van der Waals surface area (Å²) in [6, 6.07) is 5.44. The highest BCUT2D eigenvalue weighted by Crippen LogP contribution is 2.41. The third kappa shape index (κ3) is 3.16. The molecule has 1 N–H and O–H groups in total. The minimum atomic E-state index is -0.366. The van der Waals surface area contributed by atoms with Gasteiger partial charge in [-0.25, -0.2) is 0 Å². The van der Waals surface area contributed by atoms with Crippen LogP contribution in [-0.2, 0) is 14.3 Å². The summed E-state index contributed by atoms with van der Waals surface area (Å²) in [7, 11) is 3.26. The molecule has 1 amide bonds. The Kier molecular flexibility index (Phi) is 5.09. The van der Waals surface area contributed by atoms with Crippen LogP contribution in [0.1, 0.15) is 31.0 Å². The van der Waals surface area contributed by atoms with Crippen molar-refractivity contribution < 1.29 is 14.3 Å². The first-order valence-electron chi connectivity index (χ1n) is 6.91. The molecule has 110 valence electrons. The molecule has 0 bridgehead atoms. The zero-order chi connectivity index (χ0) is 14.4. The van der Waals surface area contributed by atoms with Gasteiger partial charge in [-0.05, 0) is 25.0 Å². The number of rotatable bonds is 7. The number of hydrogen-bond donors (Lipinski definition) is 1. The maximum Gasteiger partial charge on any atom is 0.229 e. The molecule has 0 radical (unpaired) electrons. The van der Waals surface area contributed by atoms with Crippen molar-refractivity contribution in [1.82, 2.24) is 10.3 Å². The van der Waals surface area contributed by atoms with Crippen LogP contribution in [0.2, 0.25) is 0 Å². The van der Waals surface area contributed by atoms with Gasteiger partial charge in [-0.15, -0.1) is 0 Å². The fourth-order valence-corrected chi connectivity index (χ4v) is 2.58. The minimum Gasteiger partial charge on any atom is -0.384 e. The summed E-state index contributed by atoms with van der Waals surface area (Å²) < 4.78 is 10.4. The van der Waals surface area contributed by atoms with Crippen molar-refractivity contribution in [2.75, 3.05) is 27.4 Å². The van der Waals surface area contributed by atoms with E-state index in [9.17, 15) is 4.79 Å². The van der Waals surface area contributed by atoms with Crippen LogP contribution in [0, 0.1) is 5.41 Å². The number of amides is 1. The third-order valence-corrected chi connectivity index (χ3v) is 3.90. The maximum atomic E-state index is 12.5. The predicted molar refractivity (Wildman–Crippen MR) is 75.2 cm³/mol. The van der Waals surface area contributed by atoms with Gasteiger partial charge in [0.15, 0.2) is 0 Å². The van der Waals surface area contributed by atoms with Crippen LogP contribution in [0.15, 0.2) is 24.4 Å². The Balaban J connectivity index is 2.06. The first-order valence-corrected chi connectivity index (χ1v) is 6.91. The molecule has 1 aromatic rings. The Labute approximate surface area is 119 Å². The Hall–Kier alpha value is -1.46. The van der Waals surface area contributed by atoms with Crippen molar-refractivity contribution in [1.29, 1.82) is 0 Å². The van der Waals surface area contributed by atoms with Gasteiger partial charge in [0.1, 0.15) is 0 Å². The predicted octanol–water partition coefficient (Wildman–Crippen LogP) is 1.70. The Morgan fingerprint density at radius 2 is 2.20 bits per heavy atom. The number of aromatic nitrogens is 1. The van der Waals surface area contributed by atoms with Gasteiger partial charge >= 0.3 is 0 Å². The molecule has 0 aromatic carbocycles. The molecule has 1 fully saturated rings. The van der Waals surface area contributed by atoms with Gasteiger partial charge in [-0.2, -0.15) is 0 Å². The number of nitrogens with one attached hydrogen (secondary N) is 1. The van der Waals surface area contributed by atoms with Gasteiger partial charge in [-0.3, -0.25) is 9.78 Å². The van der Waals surface area contributed by atoms with Crippen LogP contribution in [0.5, 0.6) is 0 Å². The summed E-state index contributed by atoms with van der Waals surface area (Å²) in [5.74, 6) is 0.0401. The van der Waals surface area contributed by atoms with Crippen molar-refractivity contribution in [2.24, 2.45) is 5.41 Å². The number of pyridine rings is 1. The van der Waals surface area contributed by atoms with E-state index in [1.165, 1.54) is 0 Å². The molecular weight excluding hydrogens is 256 g/mol. The number of hydrogen-bond acceptors (Lipinski definition) is 4. The van der Waals surface area contributed by atoms with E-state index in [-0.39, 0.29) is 17.4 Å².